The van der Waals surface area contributed by atoms with Crippen LogP contribution < -0.4 is 10.1 Å². The predicted molar refractivity (Wildman–Crippen MR) is 121 cm³/mol. The number of nitrogens with one attached hydrogen (secondary N) is 1. The number of benzene rings is 3. The van der Waals surface area contributed by atoms with E-state index >= 15 is 0 Å². The fourth-order valence-corrected chi connectivity index (χ4v) is 5.15. The van der Waals surface area contributed by atoms with E-state index in [0.717, 1.165) is 5.56 Å². The first-order valence-corrected chi connectivity index (χ1v) is 10.7. The van der Waals surface area contributed by atoms with Gasteiger partial charge in [-0.1, -0.05) is 47.5 Å². The molecule has 1 saturated carbocycles. The second-order valence-corrected chi connectivity index (χ2v) is 8.96. The Morgan fingerprint density at radius 3 is 2.31 bits per heavy atom. The van der Waals surface area contributed by atoms with E-state index in [-0.39, 0.29) is 5.78 Å². The van der Waals surface area contributed by atoms with Gasteiger partial charge in [0.1, 0.15) is 5.75 Å². The minimum atomic E-state index is -1.66. The number of hydrogen-bond acceptors (Lipinski definition) is 4. The number of esters is 1. The van der Waals surface area contributed by atoms with E-state index in [4.69, 9.17) is 16.3 Å². The third-order valence-corrected chi connectivity index (χ3v) is 7.00. The van der Waals surface area contributed by atoms with Crippen molar-refractivity contribution < 1.29 is 19.1 Å². The van der Waals surface area contributed by atoms with Crippen LogP contribution in [0.25, 0.3) is 0 Å². The molecule has 1 aliphatic carbocycles. The van der Waals surface area contributed by atoms with E-state index < -0.39 is 28.6 Å². The largest absolute Gasteiger partial charge is 0.425 e. The van der Waals surface area contributed by atoms with Gasteiger partial charge in [0, 0.05) is 27.8 Å². The minimum absolute atomic E-state index is 0.299. The van der Waals surface area contributed by atoms with Gasteiger partial charge in [0.25, 0.3) is 0 Å². The van der Waals surface area contributed by atoms with Gasteiger partial charge in [-0.15, -0.1) is 0 Å². The zero-order chi connectivity index (χ0) is 22.7. The fraction of sp³-hybridized carbons (Fsp3) is 0.192. The Hall–Kier alpha value is -3.44. The van der Waals surface area contributed by atoms with Crippen molar-refractivity contribution in [3.05, 3.63) is 94.5 Å². The molecule has 0 aromatic heterocycles. The van der Waals surface area contributed by atoms with Gasteiger partial charge in [-0.2, -0.15) is 0 Å². The monoisotopic (exact) mass is 445 g/mol. The van der Waals surface area contributed by atoms with Crippen LogP contribution in [0.5, 0.6) is 5.75 Å². The summed E-state index contributed by atoms with van der Waals surface area (Å²) in [5.74, 6) is -1.81. The van der Waals surface area contributed by atoms with Crippen molar-refractivity contribution in [1.82, 2.24) is 0 Å². The lowest BCUT2D eigenvalue weighted by molar-refractivity contribution is -0.147. The van der Waals surface area contributed by atoms with Gasteiger partial charge in [-0.25, -0.2) is 0 Å². The van der Waals surface area contributed by atoms with Crippen LogP contribution >= 0.6 is 11.6 Å². The number of fused-ring (bicyclic) bond motifs is 3. The number of amides is 1. The standard InChI is InChI=1S/C26H20ClNO4/c1-15-7-13-18(14-8-15)28-23(30)26-21(19-5-3-4-6-20(19)32-24(26)31)25(26,2)22(29)16-9-11-17(27)12-10-16/h3-14,21H,1-2H3,(H,28,30)/t21-,25+,26-/m0/s1. The van der Waals surface area contributed by atoms with Gasteiger partial charge >= 0.3 is 5.97 Å². The average molecular weight is 446 g/mol. The molecule has 1 fully saturated rings. The molecule has 32 heavy (non-hydrogen) atoms. The van der Waals surface area contributed by atoms with Crippen molar-refractivity contribution in [3.8, 4) is 5.75 Å². The van der Waals surface area contributed by atoms with E-state index in [1.165, 1.54) is 0 Å². The normalized spacial score (nSPS) is 25.2. The van der Waals surface area contributed by atoms with Crippen molar-refractivity contribution in [2.45, 2.75) is 19.8 Å². The molecule has 3 atom stereocenters. The first-order chi connectivity index (χ1) is 15.3. The van der Waals surface area contributed by atoms with Gasteiger partial charge in [-0.3, -0.25) is 14.4 Å². The summed E-state index contributed by atoms with van der Waals surface area (Å²) in [6.45, 7) is 3.62. The number of halogens is 1. The number of para-hydroxylation sites is 1. The molecule has 0 radical (unpaired) electrons. The number of rotatable bonds is 4. The van der Waals surface area contributed by atoms with Crippen LogP contribution in [0, 0.1) is 17.8 Å². The molecule has 1 amide bonds. The molecule has 0 saturated heterocycles. The van der Waals surface area contributed by atoms with E-state index in [0.29, 0.717) is 27.6 Å². The van der Waals surface area contributed by atoms with Crippen molar-refractivity contribution in [2.24, 2.45) is 10.8 Å². The third-order valence-electron chi connectivity index (χ3n) is 6.75. The lowest BCUT2D eigenvalue weighted by Crippen LogP contribution is -2.42. The summed E-state index contributed by atoms with van der Waals surface area (Å²) in [7, 11) is 0. The molecule has 0 bridgehead atoms. The lowest BCUT2D eigenvalue weighted by atomic mass is 9.86. The van der Waals surface area contributed by atoms with Crippen LogP contribution in [0.2, 0.25) is 5.02 Å². The van der Waals surface area contributed by atoms with Gasteiger partial charge in [0.2, 0.25) is 5.91 Å². The molecule has 1 aliphatic heterocycles. The SMILES string of the molecule is Cc1ccc(NC(=O)[C@]23C(=O)Oc4ccccc4[C@H]2[C@]3(C)C(=O)c2ccc(Cl)cc2)cc1. The number of anilines is 1. The van der Waals surface area contributed by atoms with Crippen LogP contribution in [0.15, 0.2) is 72.8 Å². The zero-order valence-corrected chi connectivity index (χ0v) is 18.3. The Balaban J connectivity index is 1.62. The number of ketones is 1. The first kappa shape index (κ1) is 20.5. The van der Waals surface area contributed by atoms with E-state index in [1.807, 2.05) is 25.1 Å². The zero-order valence-electron chi connectivity index (χ0n) is 17.5. The maximum absolute atomic E-state index is 13.7. The van der Waals surface area contributed by atoms with Crippen LogP contribution in [0.1, 0.15) is 34.3 Å². The number of hydrogen-bond donors (Lipinski definition) is 1. The average Bonchev–Trinajstić information content (AvgIpc) is 3.39. The van der Waals surface area contributed by atoms with E-state index in [9.17, 15) is 14.4 Å². The first-order valence-electron chi connectivity index (χ1n) is 10.3. The Morgan fingerprint density at radius 1 is 0.969 bits per heavy atom. The molecule has 1 N–H and O–H groups in total. The number of Topliss-reactive ketones (excluding diaryl/α,β-unsaturated/α-hetero) is 1. The number of ether oxygens (including phenoxy) is 1. The summed E-state index contributed by atoms with van der Waals surface area (Å²) in [5, 5.41) is 3.34. The molecule has 5 nitrogen and oxygen atoms in total. The summed E-state index contributed by atoms with van der Waals surface area (Å²) in [6, 6.07) is 20.8. The summed E-state index contributed by atoms with van der Waals surface area (Å²) < 4.78 is 5.59. The molecule has 1 heterocycles. The topological polar surface area (TPSA) is 72.5 Å². The third kappa shape index (κ3) is 2.67. The molecule has 5 rings (SSSR count). The van der Waals surface area contributed by atoms with Crippen molar-refractivity contribution in [1.29, 1.82) is 0 Å². The number of carbonyl (C=O) groups is 3. The molecule has 6 heteroatoms. The van der Waals surface area contributed by atoms with Gasteiger partial charge in [0.05, 0.1) is 5.41 Å². The molecule has 3 aromatic carbocycles. The van der Waals surface area contributed by atoms with Crippen LogP contribution in [0.4, 0.5) is 5.69 Å². The second kappa shape index (κ2) is 7.04. The minimum Gasteiger partial charge on any atom is -0.425 e. The Bertz CT molecular complexity index is 1270. The van der Waals surface area contributed by atoms with Crippen molar-refractivity contribution in [2.75, 3.05) is 5.32 Å². The van der Waals surface area contributed by atoms with Crippen LogP contribution in [-0.2, 0) is 9.59 Å². The number of carbonyl (C=O) groups excluding carboxylic acids is 3. The highest BCUT2D eigenvalue weighted by Crippen LogP contribution is 2.78. The lowest BCUT2D eigenvalue weighted by Gasteiger charge is -2.23. The van der Waals surface area contributed by atoms with Gasteiger partial charge in [-0.05, 0) is 56.3 Å². The maximum Gasteiger partial charge on any atom is 0.328 e. The highest BCUT2D eigenvalue weighted by Gasteiger charge is 2.88. The van der Waals surface area contributed by atoms with E-state index in [1.54, 1.807) is 61.5 Å². The number of aryl methyl sites for hydroxylation is 1. The Morgan fingerprint density at radius 2 is 1.62 bits per heavy atom. The van der Waals surface area contributed by atoms with Gasteiger partial charge in [0.15, 0.2) is 11.2 Å². The highest BCUT2D eigenvalue weighted by molar-refractivity contribution is 6.30. The quantitative estimate of drug-likeness (QED) is 0.260. The molecular weight excluding hydrogens is 426 g/mol. The molecular formula is C26H20ClNO4. The molecule has 160 valence electrons. The summed E-state index contributed by atoms with van der Waals surface area (Å²) >= 11 is 5.99. The summed E-state index contributed by atoms with van der Waals surface area (Å²) in [5.41, 5.74) is -0.315. The Kier molecular flexibility index (Phi) is 4.50. The molecule has 2 aliphatic rings. The van der Waals surface area contributed by atoms with Crippen LogP contribution in [0.3, 0.4) is 0 Å². The Labute approximate surface area is 190 Å². The van der Waals surface area contributed by atoms with E-state index in [2.05, 4.69) is 5.32 Å². The summed E-state index contributed by atoms with van der Waals surface area (Å²) in [6.07, 6.45) is 0. The van der Waals surface area contributed by atoms with Crippen molar-refractivity contribution in [3.63, 3.8) is 0 Å². The summed E-state index contributed by atoms with van der Waals surface area (Å²) in [4.78, 5) is 40.7. The maximum atomic E-state index is 13.7. The van der Waals surface area contributed by atoms with Crippen LogP contribution in [-0.4, -0.2) is 17.7 Å². The molecule has 0 spiro atoms. The molecule has 3 aromatic rings. The fourth-order valence-electron chi connectivity index (χ4n) is 5.02. The second-order valence-electron chi connectivity index (χ2n) is 8.53. The van der Waals surface area contributed by atoms with Gasteiger partial charge < -0.3 is 10.1 Å². The smallest absolute Gasteiger partial charge is 0.328 e. The van der Waals surface area contributed by atoms with Crippen molar-refractivity contribution >= 4 is 34.9 Å². The molecule has 0 unspecified atom stereocenters. The predicted octanol–water partition coefficient (Wildman–Crippen LogP) is 5.18. The highest BCUT2D eigenvalue weighted by atomic mass is 35.5.